The van der Waals surface area contributed by atoms with Crippen LogP contribution in [0.1, 0.15) is 69.3 Å². The Kier molecular flexibility index (Phi) is 4.66. The molecule has 1 N–H and O–H groups in total. The third-order valence-corrected chi connectivity index (χ3v) is 7.38. The molecule has 0 aromatic heterocycles. The van der Waals surface area contributed by atoms with Gasteiger partial charge in [-0.2, -0.15) is 0 Å². The van der Waals surface area contributed by atoms with Gasteiger partial charge in [-0.15, -0.1) is 0 Å². The maximum absolute atomic E-state index is 12.5. The van der Waals surface area contributed by atoms with Crippen molar-refractivity contribution in [3.8, 4) is 5.75 Å². The SMILES string of the molecule is CCC(c1cccc(C(C)C2CC2)c1O)S(=O)(=O)C(C)C. The van der Waals surface area contributed by atoms with Gasteiger partial charge in [0, 0.05) is 5.56 Å². The molecule has 0 heterocycles. The Labute approximate surface area is 128 Å². The second-order valence-corrected chi connectivity index (χ2v) is 9.14. The molecule has 1 aromatic rings. The van der Waals surface area contributed by atoms with Crippen LogP contribution < -0.4 is 0 Å². The molecule has 0 spiro atoms. The lowest BCUT2D eigenvalue weighted by Gasteiger charge is -2.22. The second-order valence-electron chi connectivity index (χ2n) is 6.45. The highest BCUT2D eigenvalue weighted by Gasteiger charge is 2.34. The van der Waals surface area contributed by atoms with E-state index in [4.69, 9.17) is 0 Å². The minimum Gasteiger partial charge on any atom is -0.507 e. The van der Waals surface area contributed by atoms with Crippen LogP contribution in [0.25, 0.3) is 0 Å². The maximum atomic E-state index is 12.5. The zero-order chi connectivity index (χ0) is 15.8. The first kappa shape index (κ1) is 16.3. The summed E-state index contributed by atoms with van der Waals surface area (Å²) < 4.78 is 25.1. The van der Waals surface area contributed by atoms with E-state index in [1.165, 1.54) is 12.8 Å². The number of sulfone groups is 1. The quantitative estimate of drug-likeness (QED) is 0.857. The van der Waals surface area contributed by atoms with Crippen molar-refractivity contribution < 1.29 is 13.5 Å². The predicted molar refractivity (Wildman–Crippen MR) is 86.3 cm³/mol. The fourth-order valence-corrected chi connectivity index (χ4v) is 4.68. The monoisotopic (exact) mass is 310 g/mol. The standard InChI is InChI=1S/C17H26O3S/c1-5-16(21(19,20)11(2)3)15-8-6-7-14(17(15)18)12(4)13-9-10-13/h6-8,11-13,16,18H,5,9-10H2,1-4H3. The molecule has 2 rings (SSSR count). The summed E-state index contributed by atoms with van der Waals surface area (Å²) in [7, 11) is -3.27. The number of aromatic hydroxyl groups is 1. The summed E-state index contributed by atoms with van der Waals surface area (Å²) in [6.45, 7) is 7.38. The van der Waals surface area contributed by atoms with E-state index >= 15 is 0 Å². The molecule has 0 bridgehead atoms. The summed E-state index contributed by atoms with van der Waals surface area (Å²) in [5.74, 6) is 1.12. The van der Waals surface area contributed by atoms with Crippen LogP contribution in [0.15, 0.2) is 18.2 Å². The van der Waals surface area contributed by atoms with Gasteiger partial charge < -0.3 is 5.11 Å². The van der Waals surface area contributed by atoms with Gasteiger partial charge in [0.1, 0.15) is 5.75 Å². The molecule has 0 saturated heterocycles. The third-order valence-electron chi connectivity index (χ3n) is 4.69. The molecule has 21 heavy (non-hydrogen) atoms. The van der Waals surface area contributed by atoms with Crippen molar-refractivity contribution in [2.75, 3.05) is 0 Å². The lowest BCUT2D eigenvalue weighted by Crippen LogP contribution is -2.22. The Bertz CT molecular complexity index is 600. The smallest absolute Gasteiger partial charge is 0.159 e. The van der Waals surface area contributed by atoms with Crippen LogP contribution >= 0.6 is 0 Å². The molecule has 1 aliphatic rings. The van der Waals surface area contributed by atoms with Gasteiger partial charge in [-0.25, -0.2) is 8.42 Å². The van der Waals surface area contributed by atoms with Crippen molar-refractivity contribution in [3.63, 3.8) is 0 Å². The fourth-order valence-electron chi connectivity index (χ4n) is 3.02. The molecular weight excluding hydrogens is 284 g/mol. The van der Waals surface area contributed by atoms with E-state index < -0.39 is 20.3 Å². The van der Waals surface area contributed by atoms with Gasteiger partial charge in [0.2, 0.25) is 0 Å². The third kappa shape index (κ3) is 3.10. The molecule has 118 valence electrons. The summed E-state index contributed by atoms with van der Waals surface area (Å²) in [5, 5.41) is 9.56. The van der Waals surface area contributed by atoms with E-state index in [1.54, 1.807) is 19.9 Å². The molecule has 0 radical (unpaired) electrons. The Balaban J connectivity index is 2.45. The van der Waals surface area contributed by atoms with E-state index in [0.717, 1.165) is 5.56 Å². The highest BCUT2D eigenvalue weighted by Crippen LogP contribution is 2.47. The van der Waals surface area contributed by atoms with Gasteiger partial charge in [0.15, 0.2) is 9.84 Å². The number of hydrogen-bond donors (Lipinski definition) is 1. The van der Waals surface area contributed by atoms with Crippen LogP contribution in [0, 0.1) is 5.92 Å². The first-order valence-corrected chi connectivity index (χ1v) is 9.46. The zero-order valence-electron chi connectivity index (χ0n) is 13.3. The Hall–Kier alpha value is -1.03. The van der Waals surface area contributed by atoms with Gasteiger partial charge >= 0.3 is 0 Å². The Morgan fingerprint density at radius 2 is 1.76 bits per heavy atom. The van der Waals surface area contributed by atoms with Crippen molar-refractivity contribution in [2.24, 2.45) is 5.92 Å². The lowest BCUT2D eigenvalue weighted by molar-refractivity contribution is 0.448. The molecule has 0 amide bonds. The largest absolute Gasteiger partial charge is 0.507 e. The molecular formula is C17H26O3S. The van der Waals surface area contributed by atoms with Gasteiger partial charge in [-0.1, -0.05) is 32.0 Å². The number of para-hydroxylation sites is 1. The number of hydrogen-bond acceptors (Lipinski definition) is 3. The van der Waals surface area contributed by atoms with Crippen molar-refractivity contribution >= 4 is 9.84 Å². The van der Waals surface area contributed by atoms with E-state index in [9.17, 15) is 13.5 Å². The predicted octanol–water partition coefficient (Wildman–Crippen LogP) is 4.18. The van der Waals surface area contributed by atoms with Gasteiger partial charge in [0.05, 0.1) is 10.5 Å². The highest BCUT2D eigenvalue weighted by atomic mass is 32.2. The molecule has 3 nitrogen and oxygen atoms in total. The molecule has 4 heteroatoms. The van der Waals surface area contributed by atoms with E-state index in [1.807, 2.05) is 19.1 Å². The average Bonchev–Trinajstić information content (AvgIpc) is 3.24. The fraction of sp³-hybridized carbons (Fsp3) is 0.647. The van der Waals surface area contributed by atoms with E-state index in [0.29, 0.717) is 23.8 Å². The average molecular weight is 310 g/mol. The van der Waals surface area contributed by atoms with Crippen LogP contribution in [-0.4, -0.2) is 18.8 Å². The zero-order valence-corrected chi connectivity index (χ0v) is 14.2. The first-order valence-electron chi connectivity index (χ1n) is 7.85. The summed E-state index contributed by atoms with van der Waals surface area (Å²) >= 11 is 0. The van der Waals surface area contributed by atoms with Crippen LogP contribution in [0.4, 0.5) is 0 Å². The molecule has 1 saturated carbocycles. The Morgan fingerprint density at radius 3 is 2.24 bits per heavy atom. The van der Waals surface area contributed by atoms with Crippen LogP contribution in [0.2, 0.25) is 0 Å². The number of phenols is 1. The molecule has 1 fully saturated rings. The van der Waals surface area contributed by atoms with Crippen molar-refractivity contribution in [3.05, 3.63) is 29.3 Å². The molecule has 2 unspecified atom stereocenters. The van der Waals surface area contributed by atoms with Gasteiger partial charge in [-0.05, 0) is 50.5 Å². The molecule has 1 aromatic carbocycles. The molecule has 2 atom stereocenters. The van der Waals surface area contributed by atoms with E-state index in [2.05, 4.69) is 6.92 Å². The summed E-state index contributed by atoms with van der Waals surface area (Å²) in [4.78, 5) is 0. The van der Waals surface area contributed by atoms with Crippen molar-refractivity contribution in [1.82, 2.24) is 0 Å². The van der Waals surface area contributed by atoms with Crippen LogP contribution in [0.3, 0.4) is 0 Å². The minimum atomic E-state index is -3.27. The minimum absolute atomic E-state index is 0.188. The normalized spacial score (nSPS) is 18.7. The highest BCUT2D eigenvalue weighted by molar-refractivity contribution is 7.92. The number of phenolic OH excluding ortho intramolecular Hbond substituents is 1. The van der Waals surface area contributed by atoms with Gasteiger partial charge in [0.25, 0.3) is 0 Å². The lowest BCUT2D eigenvalue weighted by atomic mass is 9.92. The first-order chi connectivity index (χ1) is 9.80. The van der Waals surface area contributed by atoms with E-state index in [-0.39, 0.29) is 5.75 Å². The molecule has 0 aliphatic heterocycles. The molecule has 1 aliphatic carbocycles. The summed E-state index contributed by atoms with van der Waals surface area (Å²) in [6, 6.07) is 5.56. The van der Waals surface area contributed by atoms with Crippen LogP contribution in [0.5, 0.6) is 5.75 Å². The second kappa shape index (κ2) is 5.99. The topological polar surface area (TPSA) is 54.4 Å². The van der Waals surface area contributed by atoms with Crippen molar-refractivity contribution in [1.29, 1.82) is 0 Å². The number of benzene rings is 1. The summed E-state index contributed by atoms with van der Waals surface area (Å²) in [6.07, 6.45) is 2.88. The van der Waals surface area contributed by atoms with Gasteiger partial charge in [-0.3, -0.25) is 0 Å². The Morgan fingerprint density at radius 1 is 1.19 bits per heavy atom. The summed E-state index contributed by atoms with van der Waals surface area (Å²) in [5.41, 5.74) is 1.46. The van der Waals surface area contributed by atoms with Crippen LogP contribution in [-0.2, 0) is 9.84 Å². The number of rotatable bonds is 6. The maximum Gasteiger partial charge on any atom is 0.159 e. The van der Waals surface area contributed by atoms with Crippen molar-refractivity contribution in [2.45, 2.75) is 63.4 Å².